The molecule has 29 heavy (non-hydrogen) atoms. The highest BCUT2D eigenvalue weighted by Gasteiger charge is 2.28. The highest BCUT2D eigenvalue weighted by Crippen LogP contribution is 2.40. The van der Waals surface area contributed by atoms with Gasteiger partial charge in [0.2, 0.25) is 0 Å². The molecule has 5 heteroatoms. The minimum Gasteiger partial charge on any atom is -0.496 e. The van der Waals surface area contributed by atoms with Crippen LogP contribution < -0.4 is 4.74 Å². The van der Waals surface area contributed by atoms with Crippen molar-refractivity contribution in [2.45, 2.75) is 46.1 Å². The van der Waals surface area contributed by atoms with Gasteiger partial charge in [-0.1, -0.05) is 13.0 Å². The second-order valence-electron chi connectivity index (χ2n) is 7.38. The number of aromatic nitrogens is 1. The Balaban J connectivity index is 1.93. The fourth-order valence-electron chi connectivity index (χ4n) is 4.32. The summed E-state index contributed by atoms with van der Waals surface area (Å²) in [6.45, 7) is 4.92. The van der Waals surface area contributed by atoms with Crippen LogP contribution in [0.3, 0.4) is 0 Å². The van der Waals surface area contributed by atoms with Crippen LogP contribution in [-0.2, 0) is 24.1 Å². The van der Waals surface area contributed by atoms with Gasteiger partial charge in [0.25, 0.3) is 0 Å². The molecule has 4 nitrogen and oxygen atoms in total. The van der Waals surface area contributed by atoms with Gasteiger partial charge in [0.1, 0.15) is 11.6 Å². The molecule has 152 valence electrons. The first-order valence-electron chi connectivity index (χ1n) is 10.2. The van der Waals surface area contributed by atoms with Crippen molar-refractivity contribution in [2.75, 3.05) is 13.7 Å². The third kappa shape index (κ3) is 3.39. The molecule has 0 amide bonds. The topological polar surface area (TPSA) is 40.5 Å². The van der Waals surface area contributed by atoms with E-state index in [1.807, 2.05) is 12.1 Å². The normalized spacial score (nSPS) is 15.2. The third-order valence-corrected chi connectivity index (χ3v) is 5.69. The first kappa shape index (κ1) is 19.5. The second kappa shape index (κ2) is 7.90. The van der Waals surface area contributed by atoms with Gasteiger partial charge in [-0.2, -0.15) is 0 Å². The SMILES string of the molecule is CCOC(=O)c1cc2n(c1C1=CCCC(F)=C1)CCc1cc(OC)c(CC)cc1-2. The van der Waals surface area contributed by atoms with E-state index in [-0.39, 0.29) is 11.8 Å². The number of methoxy groups -OCH3 is 1. The number of aryl methyl sites for hydroxylation is 2. The first-order chi connectivity index (χ1) is 14.1. The number of carbonyl (C=O) groups is 1. The van der Waals surface area contributed by atoms with Gasteiger partial charge >= 0.3 is 5.97 Å². The molecule has 0 N–H and O–H groups in total. The smallest absolute Gasteiger partial charge is 0.340 e. The van der Waals surface area contributed by atoms with Crippen molar-refractivity contribution in [2.24, 2.45) is 0 Å². The quantitative estimate of drug-likeness (QED) is 0.629. The van der Waals surface area contributed by atoms with Crippen LogP contribution in [0.2, 0.25) is 0 Å². The van der Waals surface area contributed by atoms with Crippen molar-refractivity contribution in [3.05, 3.63) is 58.6 Å². The Morgan fingerprint density at radius 1 is 1.21 bits per heavy atom. The van der Waals surface area contributed by atoms with Gasteiger partial charge in [-0.05, 0) is 67.2 Å². The van der Waals surface area contributed by atoms with Crippen molar-refractivity contribution >= 4 is 11.5 Å². The van der Waals surface area contributed by atoms with E-state index in [0.29, 0.717) is 25.0 Å². The summed E-state index contributed by atoms with van der Waals surface area (Å²) in [6, 6.07) is 6.16. The summed E-state index contributed by atoms with van der Waals surface area (Å²) >= 11 is 0. The lowest BCUT2D eigenvalue weighted by Gasteiger charge is -2.24. The Morgan fingerprint density at radius 3 is 2.72 bits per heavy atom. The van der Waals surface area contributed by atoms with Gasteiger partial charge in [-0.25, -0.2) is 9.18 Å². The van der Waals surface area contributed by atoms with E-state index in [9.17, 15) is 9.18 Å². The lowest BCUT2D eigenvalue weighted by Crippen LogP contribution is -2.15. The van der Waals surface area contributed by atoms with E-state index in [4.69, 9.17) is 9.47 Å². The zero-order chi connectivity index (χ0) is 20.5. The zero-order valence-electron chi connectivity index (χ0n) is 17.2. The van der Waals surface area contributed by atoms with Gasteiger partial charge in [0.05, 0.1) is 25.0 Å². The fraction of sp³-hybridized carbons (Fsp3) is 0.375. The maximum Gasteiger partial charge on any atom is 0.340 e. The number of hydrogen-bond acceptors (Lipinski definition) is 3. The molecule has 2 aromatic rings. The van der Waals surface area contributed by atoms with Crippen molar-refractivity contribution < 1.29 is 18.7 Å². The van der Waals surface area contributed by atoms with Gasteiger partial charge in [0, 0.05) is 24.2 Å². The number of hydrogen-bond donors (Lipinski definition) is 0. The van der Waals surface area contributed by atoms with Crippen molar-refractivity contribution in [3.63, 3.8) is 0 Å². The van der Waals surface area contributed by atoms with Crippen LogP contribution in [0, 0.1) is 0 Å². The summed E-state index contributed by atoms with van der Waals surface area (Å²) in [6.07, 6.45) is 6.29. The molecule has 4 rings (SSSR count). The third-order valence-electron chi connectivity index (χ3n) is 5.69. The van der Waals surface area contributed by atoms with E-state index >= 15 is 0 Å². The minimum atomic E-state index is -0.365. The van der Waals surface area contributed by atoms with E-state index in [1.165, 1.54) is 5.56 Å². The summed E-state index contributed by atoms with van der Waals surface area (Å²) < 4.78 is 27.1. The standard InChI is InChI=1S/C24H26FNO3/c1-4-15-12-19-16(13-22(15)28-3)9-10-26-21(19)14-20(24(27)29-5-2)23(26)17-7-6-8-18(25)11-17/h7,11-14H,4-6,8-10H2,1-3H3. The lowest BCUT2D eigenvalue weighted by atomic mass is 9.94. The van der Waals surface area contributed by atoms with E-state index in [1.54, 1.807) is 20.1 Å². The molecule has 1 aliphatic carbocycles. The highest BCUT2D eigenvalue weighted by molar-refractivity contribution is 5.98. The van der Waals surface area contributed by atoms with Crippen LogP contribution in [0.5, 0.6) is 5.75 Å². The number of halogens is 1. The van der Waals surface area contributed by atoms with Crippen LogP contribution in [0.25, 0.3) is 16.8 Å². The fourth-order valence-corrected chi connectivity index (χ4v) is 4.32. The summed E-state index contributed by atoms with van der Waals surface area (Å²) in [4.78, 5) is 12.7. The second-order valence-corrected chi connectivity index (χ2v) is 7.38. The molecular formula is C24H26FNO3. The van der Waals surface area contributed by atoms with Crippen molar-refractivity contribution in [1.82, 2.24) is 4.57 Å². The molecule has 1 aromatic carbocycles. The molecule has 0 fully saturated rings. The van der Waals surface area contributed by atoms with Gasteiger partial charge in [-0.15, -0.1) is 0 Å². The predicted molar refractivity (Wildman–Crippen MR) is 112 cm³/mol. The number of esters is 1. The van der Waals surface area contributed by atoms with Crippen LogP contribution in [-0.4, -0.2) is 24.3 Å². The summed E-state index contributed by atoms with van der Waals surface area (Å²) in [5.41, 5.74) is 6.42. The Morgan fingerprint density at radius 2 is 2.03 bits per heavy atom. The first-order valence-corrected chi connectivity index (χ1v) is 10.2. The number of nitrogens with zero attached hydrogens (tertiary/aromatic N) is 1. The number of fused-ring (bicyclic) bond motifs is 3. The van der Waals surface area contributed by atoms with Crippen molar-refractivity contribution in [1.29, 1.82) is 0 Å². The largest absolute Gasteiger partial charge is 0.496 e. The van der Waals surface area contributed by atoms with Crippen LogP contribution >= 0.6 is 0 Å². The van der Waals surface area contributed by atoms with Gasteiger partial charge in [0.15, 0.2) is 0 Å². The van der Waals surface area contributed by atoms with Gasteiger partial charge in [-0.3, -0.25) is 0 Å². The molecule has 2 aliphatic rings. The molecule has 0 unspecified atom stereocenters. The molecule has 0 atom stereocenters. The summed E-state index contributed by atoms with van der Waals surface area (Å²) in [7, 11) is 1.69. The average Bonchev–Trinajstić information content (AvgIpc) is 3.13. The number of benzene rings is 1. The van der Waals surface area contributed by atoms with E-state index in [2.05, 4.69) is 23.6 Å². The molecule has 1 aliphatic heterocycles. The highest BCUT2D eigenvalue weighted by atomic mass is 19.1. The predicted octanol–water partition coefficient (Wildman–Crippen LogP) is 5.49. The molecule has 0 bridgehead atoms. The number of rotatable bonds is 5. The lowest BCUT2D eigenvalue weighted by molar-refractivity contribution is 0.0526. The number of allylic oxidation sites excluding steroid dienone is 4. The number of carbonyl (C=O) groups excluding carboxylic acids is 1. The molecule has 0 saturated heterocycles. The van der Waals surface area contributed by atoms with Crippen LogP contribution in [0.1, 0.15) is 53.9 Å². The van der Waals surface area contributed by atoms with Crippen LogP contribution in [0.15, 0.2) is 36.2 Å². The molecule has 0 spiro atoms. The summed E-state index contributed by atoms with van der Waals surface area (Å²) in [5, 5.41) is 0. The Bertz CT molecular complexity index is 1030. The number of ether oxygens (including phenoxy) is 2. The molecule has 2 heterocycles. The molecular weight excluding hydrogens is 369 g/mol. The van der Waals surface area contributed by atoms with Crippen LogP contribution in [0.4, 0.5) is 4.39 Å². The average molecular weight is 395 g/mol. The Hall–Kier alpha value is -2.82. The Kier molecular flexibility index (Phi) is 5.31. The molecule has 0 radical (unpaired) electrons. The van der Waals surface area contributed by atoms with E-state index in [0.717, 1.165) is 53.2 Å². The zero-order valence-corrected chi connectivity index (χ0v) is 17.2. The Labute approximate surface area is 170 Å². The maximum atomic E-state index is 14.0. The van der Waals surface area contributed by atoms with Gasteiger partial charge < -0.3 is 14.0 Å². The maximum absolute atomic E-state index is 14.0. The van der Waals surface area contributed by atoms with E-state index < -0.39 is 0 Å². The molecule has 0 saturated carbocycles. The van der Waals surface area contributed by atoms with Crippen molar-refractivity contribution in [3.8, 4) is 17.0 Å². The monoisotopic (exact) mass is 395 g/mol. The molecule has 1 aromatic heterocycles. The summed E-state index contributed by atoms with van der Waals surface area (Å²) in [5.74, 6) is 0.384. The minimum absolute atomic E-state index is 0.151.